The molecule has 1 aromatic carbocycles. The number of thiocarbonyl (C=S) groups is 1. The average molecular weight is 218 g/mol. The Bertz CT molecular complexity index is 413. The van der Waals surface area contributed by atoms with E-state index in [4.69, 9.17) is 5.48 Å². The predicted molar refractivity (Wildman–Crippen MR) is 48.8 cm³/mol. The van der Waals surface area contributed by atoms with Crippen LogP contribution in [0.5, 0.6) is 0 Å². The molecule has 1 nitrogen and oxygen atoms in total. The molecule has 0 aliphatic heterocycles. The lowest BCUT2D eigenvalue weighted by Gasteiger charge is -1.88. The lowest BCUT2D eigenvalue weighted by molar-refractivity contribution is 1.53. The second-order valence-electron chi connectivity index (χ2n) is 1.37. The molecule has 0 radical (unpaired) electrons. The Morgan fingerprint density at radius 3 is 2.60 bits per heavy atom. The van der Waals surface area contributed by atoms with Crippen LogP contribution in [0.3, 0.4) is 0 Å². The van der Waals surface area contributed by atoms with E-state index in [1.165, 1.54) is 0 Å². The molecule has 0 atom stereocenters. The van der Waals surface area contributed by atoms with Crippen molar-refractivity contribution in [1.29, 1.82) is 0 Å². The van der Waals surface area contributed by atoms with Gasteiger partial charge in [0.15, 0.2) is 0 Å². The van der Waals surface area contributed by atoms with Crippen LogP contribution >= 0.6 is 28.1 Å². The second kappa shape index (κ2) is 3.62. The molecule has 0 bridgehead atoms. The fourth-order valence-electron chi connectivity index (χ4n) is 0.392. The van der Waals surface area contributed by atoms with Crippen LogP contribution in [0.4, 0.5) is 5.69 Å². The monoisotopic (exact) mass is 217 g/mol. The van der Waals surface area contributed by atoms with Gasteiger partial charge in [0.2, 0.25) is 0 Å². The third-order valence-corrected chi connectivity index (χ3v) is 1.23. The zero-order valence-corrected chi connectivity index (χ0v) is 7.14. The van der Waals surface area contributed by atoms with Crippen molar-refractivity contribution >= 4 is 39.0 Å². The molecule has 0 aliphatic rings. The third kappa shape index (κ3) is 2.03. The maximum Gasteiger partial charge on any atom is 0.0740 e. The largest absolute Gasteiger partial charge is 0.195 e. The Morgan fingerprint density at radius 2 is 2.10 bits per heavy atom. The van der Waals surface area contributed by atoms with E-state index in [0.717, 1.165) is 0 Å². The first-order valence-electron chi connectivity index (χ1n) is 4.34. The Labute approximate surface area is 78.5 Å². The molecule has 0 saturated carbocycles. The van der Waals surface area contributed by atoms with Gasteiger partial charge in [-0.15, -0.1) is 0 Å². The summed E-state index contributed by atoms with van der Waals surface area (Å²) < 4.78 is 30.0. The number of aliphatic imine (C=N–C) groups is 1. The molecule has 0 saturated heterocycles. The van der Waals surface area contributed by atoms with Gasteiger partial charge >= 0.3 is 0 Å². The highest BCUT2D eigenvalue weighted by molar-refractivity contribution is 9.10. The SMILES string of the molecule is [2H]c1c([2H])c(N=C=S)c([2H])c([2H])c1Br. The number of benzene rings is 1. The Hall–Kier alpha value is -0.500. The number of rotatable bonds is 1. The van der Waals surface area contributed by atoms with Crippen LogP contribution in [0.2, 0.25) is 0 Å². The van der Waals surface area contributed by atoms with E-state index in [1.54, 1.807) is 0 Å². The van der Waals surface area contributed by atoms with Crippen molar-refractivity contribution in [2.24, 2.45) is 4.99 Å². The second-order valence-corrected chi connectivity index (χ2v) is 2.34. The van der Waals surface area contributed by atoms with Crippen LogP contribution in [0.1, 0.15) is 5.48 Å². The summed E-state index contributed by atoms with van der Waals surface area (Å²) in [7, 11) is 0. The topological polar surface area (TPSA) is 12.4 Å². The van der Waals surface area contributed by atoms with E-state index in [2.05, 4.69) is 33.1 Å². The molecular weight excluding hydrogens is 210 g/mol. The van der Waals surface area contributed by atoms with Gasteiger partial charge in [-0.05, 0) is 36.4 Å². The van der Waals surface area contributed by atoms with E-state index in [9.17, 15) is 0 Å². The number of hydrogen-bond donors (Lipinski definition) is 0. The number of halogens is 1. The summed E-state index contributed by atoms with van der Waals surface area (Å²) in [6.45, 7) is 0. The average Bonchev–Trinajstić information content (AvgIpc) is 2.19. The van der Waals surface area contributed by atoms with Gasteiger partial charge in [-0.3, -0.25) is 0 Å². The molecule has 0 spiro atoms. The minimum atomic E-state index is -0.227. The number of hydrogen-bond acceptors (Lipinski definition) is 2. The summed E-state index contributed by atoms with van der Waals surface area (Å²) in [5, 5.41) is 2.03. The summed E-state index contributed by atoms with van der Waals surface area (Å²) in [4.78, 5) is 3.50. The lowest BCUT2D eigenvalue weighted by atomic mass is 10.3. The smallest absolute Gasteiger partial charge is 0.0740 e. The predicted octanol–water partition coefficient (Wildman–Crippen LogP) is 3.18. The van der Waals surface area contributed by atoms with Crippen molar-refractivity contribution in [3.63, 3.8) is 0 Å². The Balaban J connectivity index is 3.67. The van der Waals surface area contributed by atoms with Crippen LogP contribution in [-0.4, -0.2) is 5.16 Å². The van der Waals surface area contributed by atoms with Gasteiger partial charge in [0, 0.05) is 4.47 Å². The fourth-order valence-corrected chi connectivity index (χ4v) is 0.682. The molecule has 0 aliphatic carbocycles. The van der Waals surface area contributed by atoms with E-state index in [0.29, 0.717) is 0 Å². The highest BCUT2D eigenvalue weighted by Gasteiger charge is 1.85. The molecule has 0 aromatic heterocycles. The Morgan fingerprint density at radius 1 is 1.50 bits per heavy atom. The molecule has 1 rings (SSSR count). The van der Waals surface area contributed by atoms with Gasteiger partial charge < -0.3 is 0 Å². The lowest BCUT2D eigenvalue weighted by Crippen LogP contribution is -1.62. The molecule has 1 aromatic rings. The van der Waals surface area contributed by atoms with E-state index >= 15 is 0 Å². The molecule has 0 fully saturated rings. The summed E-state index contributed by atoms with van der Waals surface area (Å²) in [6.07, 6.45) is 0. The van der Waals surface area contributed by atoms with Crippen molar-refractivity contribution < 1.29 is 5.48 Å². The minimum absolute atomic E-state index is 0.0850. The molecule has 3 heteroatoms. The quantitative estimate of drug-likeness (QED) is 0.520. The maximum absolute atomic E-state index is 7.48. The molecule has 50 valence electrons. The minimum Gasteiger partial charge on any atom is -0.195 e. The van der Waals surface area contributed by atoms with Gasteiger partial charge in [0.25, 0.3) is 0 Å². The van der Waals surface area contributed by atoms with Gasteiger partial charge in [-0.1, -0.05) is 15.9 Å². The van der Waals surface area contributed by atoms with E-state index in [1.807, 2.05) is 5.16 Å². The molecule has 0 heterocycles. The summed E-state index contributed by atoms with van der Waals surface area (Å²) >= 11 is 7.32. The van der Waals surface area contributed by atoms with Gasteiger partial charge in [-0.25, -0.2) is 0 Å². The van der Waals surface area contributed by atoms with Gasteiger partial charge in [-0.2, -0.15) is 4.99 Å². The third-order valence-electron chi connectivity index (χ3n) is 0.739. The highest BCUT2D eigenvalue weighted by atomic mass is 79.9. The van der Waals surface area contributed by atoms with E-state index < -0.39 is 0 Å². The maximum atomic E-state index is 7.48. The molecule has 0 unspecified atom stereocenters. The molecule has 0 N–H and O–H groups in total. The first-order valence-corrected chi connectivity index (χ1v) is 3.54. The van der Waals surface area contributed by atoms with Crippen LogP contribution in [0.15, 0.2) is 33.6 Å². The van der Waals surface area contributed by atoms with Crippen molar-refractivity contribution in [1.82, 2.24) is 0 Å². The summed E-state index contributed by atoms with van der Waals surface area (Å²) in [6, 6.07) is -0.796. The number of nitrogens with zero attached hydrogens (tertiary/aromatic N) is 1. The summed E-state index contributed by atoms with van der Waals surface area (Å²) in [5.74, 6) is 0. The Kier molecular flexibility index (Phi) is 1.36. The van der Waals surface area contributed by atoms with Gasteiger partial charge in [0.1, 0.15) is 0 Å². The van der Waals surface area contributed by atoms with Crippen molar-refractivity contribution in [2.75, 3.05) is 0 Å². The van der Waals surface area contributed by atoms with Crippen molar-refractivity contribution in [3.8, 4) is 0 Å². The van der Waals surface area contributed by atoms with Gasteiger partial charge in [0.05, 0.1) is 16.3 Å². The molecule has 10 heavy (non-hydrogen) atoms. The highest BCUT2D eigenvalue weighted by Crippen LogP contribution is 2.15. The van der Waals surface area contributed by atoms with Crippen LogP contribution in [0, 0.1) is 0 Å². The summed E-state index contributed by atoms with van der Waals surface area (Å²) in [5.41, 5.74) is -0.0850. The molecular formula is C7H4BrNS. The van der Waals surface area contributed by atoms with Crippen LogP contribution in [0.25, 0.3) is 0 Å². The first kappa shape index (κ1) is 3.77. The van der Waals surface area contributed by atoms with Crippen molar-refractivity contribution in [3.05, 3.63) is 28.6 Å². The zero-order chi connectivity index (χ0) is 10.9. The molecule has 0 amide bonds. The van der Waals surface area contributed by atoms with Crippen LogP contribution in [-0.2, 0) is 0 Å². The standard InChI is InChI=1S/C7H4BrNS/c8-6-1-3-7(4-2-6)9-5-10/h1-4H/i1D,2D,3D,4D. The fraction of sp³-hybridized carbons (Fsp3) is 0. The van der Waals surface area contributed by atoms with E-state index in [-0.39, 0.29) is 34.3 Å². The zero-order valence-electron chi connectivity index (χ0n) is 8.73. The van der Waals surface area contributed by atoms with Crippen LogP contribution < -0.4 is 0 Å². The van der Waals surface area contributed by atoms with Crippen molar-refractivity contribution in [2.45, 2.75) is 0 Å². The first-order chi connectivity index (χ1) is 6.50. The normalized spacial score (nSPS) is 14.1. The number of isothiocyanates is 1.